The number of rotatable bonds is 6. The Labute approximate surface area is 119 Å². The largest absolute Gasteiger partial charge is 0.401 e. The topological polar surface area (TPSA) is 49.5 Å². The molecule has 0 fully saturated rings. The van der Waals surface area contributed by atoms with Gasteiger partial charge in [-0.2, -0.15) is 13.2 Å². The van der Waals surface area contributed by atoms with E-state index in [1.807, 2.05) is 0 Å². The van der Waals surface area contributed by atoms with Crippen LogP contribution in [-0.4, -0.2) is 40.9 Å². The first-order valence-corrected chi connectivity index (χ1v) is 6.12. The number of benzene rings is 1. The van der Waals surface area contributed by atoms with Crippen LogP contribution in [0.1, 0.15) is 11.1 Å². The van der Waals surface area contributed by atoms with Crippen molar-refractivity contribution in [2.75, 3.05) is 19.7 Å². The fraction of sp³-hybridized carbons (Fsp3) is 0.417. The fourth-order valence-corrected chi connectivity index (χ4v) is 1.88. The number of aliphatic hydroxyl groups is 1. The smallest absolute Gasteiger partial charge is 0.395 e. The average molecular weight is 310 g/mol. The molecule has 3 nitrogen and oxygen atoms in total. The highest BCUT2D eigenvalue weighted by Gasteiger charge is 2.30. The van der Waals surface area contributed by atoms with Crippen molar-refractivity contribution in [2.24, 2.45) is 5.73 Å². The van der Waals surface area contributed by atoms with Crippen LogP contribution < -0.4 is 5.73 Å². The second kappa shape index (κ2) is 6.96. The fourth-order valence-electron chi connectivity index (χ4n) is 1.73. The first-order valence-electron chi connectivity index (χ1n) is 5.71. The summed E-state index contributed by atoms with van der Waals surface area (Å²) >= 11 is 4.67. The van der Waals surface area contributed by atoms with Gasteiger partial charge in [-0.1, -0.05) is 18.3 Å². The zero-order chi connectivity index (χ0) is 15.3. The van der Waals surface area contributed by atoms with Gasteiger partial charge in [-0.15, -0.1) is 0 Å². The van der Waals surface area contributed by atoms with Gasteiger partial charge in [-0.05, 0) is 17.7 Å². The summed E-state index contributed by atoms with van der Waals surface area (Å²) in [4.78, 5) is 0.852. The minimum atomic E-state index is -4.37. The normalized spacial score (nSPS) is 11.9. The third-order valence-corrected chi connectivity index (χ3v) is 2.74. The van der Waals surface area contributed by atoms with Gasteiger partial charge in [0.2, 0.25) is 0 Å². The van der Waals surface area contributed by atoms with Crippen LogP contribution >= 0.6 is 12.2 Å². The molecule has 112 valence electrons. The maximum Gasteiger partial charge on any atom is 0.401 e. The van der Waals surface area contributed by atoms with E-state index < -0.39 is 25.1 Å². The van der Waals surface area contributed by atoms with Crippen molar-refractivity contribution in [3.05, 3.63) is 35.1 Å². The molecule has 1 rings (SSSR count). The predicted octanol–water partition coefficient (Wildman–Crippen LogP) is 1.82. The highest BCUT2D eigenvalue weighted by Crippen LogP contribution is 2.19. The Bertz CT molecular complexity index is 479. The molecule has 3 N–H and O–H groups in total. The summed E-state index contributed by atoms with van der Waals surface area (Å²) < 4.78 is 50.5. The molecule has 0 bridgehead atoms. The molecular formula is C12H14F4N2OS. The minimum absolute atomic E-state index is 0.00606. The molecule has 0 amide bonds. The molecule has 0 aliphatic carbocycles. The van der Waals surface area contributed by atoms with Gasteiger partial charge in [0.25, 0.3) is 0 Å². The van der Waals surface area contributed by atoms with Crippen molar-refractivity contribution in [2.45, 2.75) is 12.7 Å². The Hall–Kier alpha value is -1.25. The Morgan fingerprint density at radius 1 is 1.35 bits per heavy atom. The number of nitrogens with two attached hydrogens (primary N) is 1. The number of nitrogens with zero attached hydrogens (tertiary/aromatic N) is 1. The predicted molar refractivity (Wildman–Crippen MR) is 70.7 cm³/mol. The van der Waals surface area contributed by atoms with Crippen molar-refractivity contribution in [3.63, 3.8) is 0 Å². The van der Waals surface area contributed by atoms with Gasteiger partial charge in [0.1, 0.15) is 10.8 Å². The van der Waals surface area contributed by atoms with E-state index in [9.17, 15) is 17.6 Å². The first kappa shape index (κ1) is 16.8. The van der Waals surface area contributed by atoms with Crippen LogP contribution in [0.25, 0.3) is 0 Å². The molecular weight excluding hydrogens is 296 g/mol. The lowest BCUT2D eigenvalue weighted by molar-refractivity contribution is -0.147. The van der Waals surface area contributed by atoms with Crippen molar-refractivity contribution < 1.29 is 22.7 Å². The summed E-state index contributed by atoms with van der Waals surface area (Å²) in [6.07, 6.45) is -4.37. The summed E-state index contributed by atoms with van der Waals surface area (Å²) in [5.41, 5.74) is 5.76. The minimum Gasteiger partial charge on any atom is -0.395 e. The van der Waals surface area contributed by atoms with Crippen molar-refractivity contribution in [3.8, 4) is 0 Å². The zero-order valence-corrected chi connectivity index (χ0v) is 11.3. The summed E-state index contributed by atoms with van der Waals surface area (Å²) in [5.74, 6) is -0.620. The summed E-state index contributed by atoms with van der Waals surface area (Å²) in [6.45, 7) is -1.79. The summed E-state index contributed by atoms with van der Waals surface area (Å²) in [6, 6.07) is 3.78. The van der Waals surface area contributed by atoms with Crippen LogP contribution in [0.2, 0.25) is 0 Å². The number of thiocarbonyl (C=S) groups is 1. The average Bonchev–Trinajstić information content (AvgIpc) is 2.29. The molecule has 0 spiro atoms. The molecule has 0 aliphatic heterocycles. The maximum atomic E-state index is 13.4. The number of hydrogen-bond donors (Lipinski definition) is 2. The number of hydrogen-bond acceptors (Lipinski definition) is 3. The molecule has 0 radical (unpaired) electrons. The van der Waals surface area contributed by atoms with E-state index in [4.69, 9.17) is 10.8 Å². The van der Waals surface area contributed by atoms with E-state index in [1.165, 1.54) is 12.1 Å². The van der Waals surface area contributed by atoms with Crippen molar-refractivity contribution in [1.82, 2.24) is 4.90 Å². The Morgan fingerprint density at radius 2 is 2.00 bits per heavy atom. The Kier molecular flexibility index (Phi) is 5.85. The van der Waals surface area contributed by atoms with E-state index in [2.05, 4.69) is 12.2 Å². The van der Waals surface area contributed by atoms with Crippen LogP contribution in [0.3, 0.4) is 0 Å². The van der Waals surface area contributed by atoms with Crippen molar-refractivity contribution in [1.29, 1.82) is 0 Å². The summed E-state index contributed by atoms with van der Waals surface area (Å²) in [7, 11) is 0. The quantitative estimate of drug-likeness (QED) is 0.621. The molecule has 20 heavy (non-hydrogen) atoms. The lowest BCUT2D eigenvalue weighted by Gasteiger charge is -2.23. The van der Waals surface area contributed by atoms with Crippen LogP contribution in [0, 0.1) is 5.82 Å². The molecule has 8 heteroatoms. The molecule has 0 saturated carbocycles. The lowest BCUT2D eigenvalue weighted by Crippen LogP contribution is -2.35. The first-order chi connectivity index (χ1) is 9.23. The number of alkyl halides is 3. The van der Waals surface area contributed by atoms with Crippen LogP contribution in [0.15, 0.2) is 18.2 Å². The molecule has 1 aromatic rings. The highest BCUT2D eigenvalue weighted by atomic mass is 32.1. The van der Waals surface area contributed by atoms with Gasteiger partial charge in [0.05, 0.1) is 13.2 Å². The molecule has 0 atom stereocenters. The van der Waals surface area contributed by atoms with E-state index in [1.54, 1.807) is 0 Å². The number of aliphatic hydroxyl groups excluding tert-OH is 1. The van der Waals surface area contributed by atoms with Gasteiger partial charge in [0.15, 0.2) is 0 Å². The third kappa shape index (κ3) is 5.40. The van der Waals surface area contributed by atoms with E-state index in [-0.39, 0.29) is 23.6 Å². The molecule has 0 saturated heterocycles. The highest BCUT2D eigenvalue weighted by molar-refractivity contribution is 7.80. The maximum absolute atomic E-state index is 13.4. The number of halogens is 4. The van der Waals surface area contributed by atoms with Gasteiger partial charge in [-0.25, -0.2) is 4.39 Å². The van der Waals surface area contributed by atoms with E-state index >= 15 is 0 Å². The van der Waals surface area contributed by atoms with Crippen LogP contribution in [0.4, 0.5) is 17.6 Å². The lowest BCUT2D eigenvalue weighted by atomic mass is 10.1. The third-order valence-electron chi connectivity index (χ3n) is 2.52. The van der Waals surface area contributed by atoms with E-state index in [0.29, 0.717) is 5.56 Å². The SMILES string of the molecule is NC(=S)c1cc(CN(CCO)CC(F)(F)F)ccc1F. The molecule has 0 heterocycles. The zero-order valence-electron chi connectivity index (χ0n) is 10.5. The van der Waals surface area contributed by atoms with Gasteiger partial charge < -0.3 is 10.8 Å². The second-order valence-corrected chi connectivity index (χ2v) is 4.67. The van der Waals surface area contributed by atoms with Crippen LogP contribution in [0.5, 0.6) is 0 Å². The van der Waals surface area contributed by atoms with E-state index in [0.717, 1.165) is 11.0 Å². The molecule has 0 aliphatic rings. The Morgan fingerprint density at radius 3 is 2.50 bits per heavy atom. The molecule has 0 aromatic heterocycles. The second-order valence-electron chi connectivity index (χ2n) is 4.23. The van der Waals surface area contributed by atoms with Gasteiger partial charge in [0, 0.05) is 18.7 Å². The van der Waals surface area contributed by atoms with Gasteiger partial charge >= 0.3 is 6.18 Å². The Balaban J connectivity index is 2.88. The summed E-state index contributed by atoms with van der Waals surface area (Å²) in [5, 5.41) is 8.79. The van der Waals surface area contributed by atoms with Crippen LogP contribution in [-0.2, 0) is 6.54 Å². The standard InChI is InChI=1S/C12H14F4N2OS/c13-10-2-1-8(5-9(10)11(17)20)6-18(3-4-19)7-12(14,15)16/h1-2,5,19H,3-4,6-7H2,(H2,17,20). The monoisotopic (exact) mass is 310 g/mol. The van der Waals surface area contributed by atoms with Crippen molar-refractivity contribution >= 4 is 17.2 Å². The molecule has 0 unspecified atom stereocenters. The van der Waals surface area contributed by atoms with Gasteiger partial charge in [-0.3, -0.25) is 4.90 Å². The molecule has 1 aromatic carbocycles.